The maximum atomic E-state index is 5.63. The molecule has 0 atom stereocenters. The number of aromatic nitrogens is 1. The molecule has 0 radical (unpaired) electrons. The van der Waals surface area contributed by atoms with Crippen LogP contribution in [-0.4, -0.2) is 18.6 Å². The molecule has 16 heavy (non-hydrogen) atoms. The summed E-state index contributed by atoms with van der Waals surface area (Å²) in [6, 6.07) is 6.13. The van der Waals surface area contributed by atoms with Gasteiger partial charge < -0.3 is 10.1 Å². The van der Waals surface area contributed by atoms with Crippen LogP contribution in [-0.2, 0) is 6.42 Å². The van der Waals surface area contributed by atoms with Crippen molar-refractivity contribution in [3.05, 3.63) is 40.8 Å². The zero-order chi connectivity index (χ0) is 11.2. The molecule has 4 heteroatoms. The van der Waals surface area contributed by atoms with Gasteiger partial charge in [0, 0.05) is 24.4 Å². The predicted octanol–water partition coefficient (Wildman–Crippen LogP) is 2.81. The largest absolute Gasteiger partial charge is 0.492 e. The van der Waals surface area contributed by atoms with E-state index in [4.69, 9.17) is 4.74 Å². The number of rotatable bonds is 5. The van der Waals surface area contributed by atoms with Gasteiger partial charge in [-0.1, -0.05) is 6.07 Å². The zero-order valence-electron chi connectivity index (χ0n) is 9.14. The van der Waals surface area contributed by atoms with Crippen molar-refractivity contribution >= 4 is 17.0 Å². The maximum Gasteiger partial charge on any atom is 0.139 e. The van der Waals surface area contributed by atoms with Gasteiger partial charge >= 0.3 is 0 Å². The Hall–Kier alpha value is -1.55. The summed E-state index contributed by atoms with van der Waals surface area (Å²) in [4.78, 5) is 5.43. The second-order valence-corrected chi connectivity index (χ2v) is 4.37. The minimum atomic E-state index is 0.690. The van der Waals surface area contributed by atoms with Crippen molar-refractivity contribution in [2.45, 2.75) is 6.42 Å². The first-order chi connectivity index (χ1) is 7.88. The SMILES string of the molecule is CNc1cncc(OCCc2cccs2)c1. The molecule has 0 unspecified atom stereocenters. The number of nitrogens with one attached hydrogen (secondary N) is 1. The monoisotopic (exact) mass is 234 g/mol. The van der Waals surface area contributed by atoms with Gasteiger partial charge in [0.15, 0.2) is 0 Å². The molecule has 0 aliphatic heterocycles. The van der Waals surface area contributed by atoms with Crippen molar-refractivity contribution in [2.24, 2.45) is 0 Å². The van der Waals surface area contributed by atoms with E-state index in [0.717, 1.165) is 17.9 Å². The molecular formula is C12H14N2OS. The van der Waals surface area contributed by atoms with E-state index >= 15 is 0 Å². The van der Waals surface area contributed by atoms with Gasteiger partial charge in [0.2, 0.25) is 0 Å². The fraction of sp³-hybridized carbons (Fsp3) is 0.250. The minimum absolute atomic E-state index is 0.690. The van der Waals surface area contributed by atoms with Gasteiger partial charge in [-0.05, 0) is 11.4 Å². The molecule has 0 aromatic carbocycles. The third kappa shape index (κ3) is 2.97. The van der Waals surface area contributed by atoms with Crippen LogP contribution in [0.15, 0.2) is 36.0 Å². The van der Waals surface area contributed by atoms with Gasteiger partial charge in [-0.15, -0.1) is 11.3 Å². The Balaban J connectivity index is 1.85. The molecule has 0 aliphatic carbocycles. The average Bonchev–Trinajstić information content (AvgIpc) is 2.82. The lowest BCUT2D eigenvalue weighted by Gasteiger charge is -2.06. The van der Waals surface area contributed by atoms with E-state index in [9.17, 15) is 0 Å². The Morgan fingerprint density at radius 1 is 1.44 bits per heavy atom. The predicted molar refractivity (Wildman–Crippen MR) is 67.3 cm³/mol. The Labute approximate surface area is 99.1 Å². The van der Waals surface area contributed by atoms with Crippen LogP contribution in [0.1, 0.15) is 4.88 Å². The van der Waals surface area contributed by atoms with Crippen molar-refractivity contribution in [1.82, 2.24) is 4.98 Å². The topological polar surface area (TPSA) is 34.2 Å². The quantitative estimate of drug-likeness (QED) is 0.863. The maximum absolute atomic E-state index is 5.63. The standard InChI is InChI=1S/C12H14N2OS/c1-13-10-7-11(9-14-8-10)15-5-4-12-3-2-6-16-12/h2-3,6-9,13H,4-5H2,1H3. The van der Waals surface area contributed by atoms with E-state index in [-0.39, 0.29) is 0 Å². The first-order valence-electron chi connectivity index (χ1n) is 5.16. The normalized spacial score (nSPS) is 10.1. The molecule has 2 rings (SSSR count). The molecule has 2 heterocycles. The van der Waals surface area contributed by atoms with Crippen molar-refractivity contribution in [2.75, 3.05) is 19.0 Å². The Morgan fingerprint density at radius 2 is 2.38 bits per heavy atom. The number of nitrogens with zero attached hydrogens (tertiary/aromatic N) is 1. The van der Waals surface area contributed by atoms with E-state index in [0.29, 0.717) is 6.61 Å². The van der Waals surface area contributed by atoms with Crippen LogP contribution in [0.2, 0.25) is 0 Å². The molecule has 84 valence electrons. The summed E-state index contributed by atoms with van der Waals surface area (Å²) < 4.78 is 5.63. The lowest BCUT2D eigenvalue weighted by Crippen LogP contribution is -2.01. The van der Waals surface area contributed by atoms with Gasteiger partial charge in [-0.3, -0.25) is 4.98 Å². The molecule has 0 amide bonds. The Morgan fingerprint density at radius 3 is 3.12 bits per heavy atom. The smallest absolute Gasteiger partial charge is 0.139 e. The van der Waals surface area contributed by atoms with E-state index < -0.39 is 0 Å². The molecule has 0 fully saturated rings. The van der Waals surface area contributed by atoms with Gasteiger partial charge in [0.1, 0.15) is 5.75 Å². The first-order valence-corrected chi connectivity index (χ1v) is 6.04. The second kappa shape index (κ2) is 5.51. The molecular weight excluding hydrogens is 220 g/mol. The fourth-order valence-corrected chi connectivity index (χ4v) is 2.05. The number of hydrogen-bond donors (Lipinski definition) is 1. The average molecular weight is 234 g/mol. The third-order valence-corrected chi connectivity index (χ3v) is 3.14. The highest BCUT2D eigenvalue weighted by molar-refractivity contribution is 7.09. The van der Waals surface area contributed by atoms with Crippen LogP contribution in [0.4, 0.5) is 5.69 Å². The highest BCUT2D eigenvalue weighted by atomic mass is 32.1. The molecule has 0 spiro atoms. The summed E-state index contributed by atoms with van der Waals surface area (Å²) in [6.45, 7) is 0.690. The first kappa shape index (κ1) is 11.0. The van der Waals surface area contributed by atoms with Gasteiger partial charge in [-0.25, -0.2) is 0 Å². The molecule has 3 nitrogen and oxygen atoms in total. The summed E-state index contributed by atoms with van der Waals surface area (Å²) in [5.41, 5.74) is 0.966. The van der Waals surface area contributed by atoms with Crippen LogP contribution in [0.25, 0.3) is 0 Å². The van der Waals surface area contributed by atoms with Crippen molar-refractivity contribution in [3.8, 4) is 5.75 Å². The summed E-state index contributed by atoms with van der Waals surface area (Å²) in [7, 11) is 1.87. The van der Waals surface area contributed by atoms with Gasteiger partial charge in [-0.2, -0.15) is 0 Å². The molecule has 2 aromatic heterocycles. The lowest BCUT2D eigenvalue weighted by molar-refractivity contribution is 0.322. The highest BCUT2D eigenvalue weighted by Crippen LogP contribution is 2.15. The van der Waals surface area contributed by atoms with Crippen molar-refractivity contribution in [1.29, 1.82) is 0 Å². The van der Waals surface area contributed by atoms with Crippen molar-refractivity contribution in [3.63, 3.8) is 0 Å². The zero-order valence-corrected chi connectivity index (χ0v) is 9.96. The number of ether oxygens (including phenoxy) is 1. The summed E-state index contributed by atoms with van der Waals surface area (Å²) in [6.07, 6.45) is 4.45. The third-order valence-electron chi connectivity index (χ3n) is 2.20. The van der Waals surface area contributed by atoms with Crippen LogP contribution in [0, 0.1) is 0 Å². The van der Waals surface area contributed by atoms with E-state index in [1.807, 2.05) is 13.1 Å². The van der Waals surface area contributed by atoms with Crippen LogP contribution in [0.5, 0.6) is 5.75 Å². The van der Waals surface area contributed by atoms with Gasteiger partial charge in [0.25, 0.3) is 0 Å². The van der Waals surface area contributed by atoms with Crippen LogP contribution >= 0.6 is 11.3 Å². The second-order valence-electron chi connectivity index (χ2n) is 3.34. The number of pyridine rings is 1. The molecule has 1 N–H and O–H groups in total. The fourth-order valence-electron chi connectivity index (χ4n) is 1.36. The number of hydrogen-bond acceptors (Lipinski definition) is 4. The van der Waals surface area contributed by atoms with Crippen LogP contribution < -0.4 is 10.1 Å². The Bertz CT molecular complexity index is 428. The van der Waals surface area contributed by atoms with E-state index in [1.165, 1.54) is 4.88 Å². The highest BCUT2D eigenvalue weighted by Gasteiger charge is 1.98. The number of thiophene rings is 1. The number of anilines is 1. The molecule has 0 saturated carbocycles. The lowest BCUT2D eigenvalue weighted by atomic mass is 10.3. The van der Waals surface area contributed by atoms with E-state index in [2.05, 4.69) is 27.8 Å². The van der Waals surface area contributed by atoms with Gasteiger partial charge in [0.05, 0.1) is 24.7 Å². The molecule has 0 saturated heterocycles. The summed E-state index contributed by atoms with van der Waals surface area (Å²) in [5.74, 6) is 0.809. The Kier molecular flexibility index (Phi) is 3.77. The van der Waals surface area contributed by atoms with E-state index in [1.54, 1.807) is 23.7 Å². The summed E-state index contributed by atoms with van der Waals surface area (Å²) >= 11 is 1.76. The summed E-state index contributed by atoms with van der Waals surface area (Å²) in [5, 5.41) is 5.11. The molecule has 0 bridgehead atoms. The minimum Gasteiger partial charge on any atom is -0.492 e. The van der Waals surface area contributed by atoms with Crippen LogP contribution in [0.3, 0.4) is 0 Å². The molecule has 2 aromatic rings. The molecule has 0 aliphatic rings. The van der Waals surface area contributed by atoms with Crippen molar-refractivity contribution < 1.29 is 4.74 Å².